The third-order valence-corrected chi connectivity index (χ3v) is 3.64. The van der Waals surface area contributed by atoms with Gasteiger partial charge in [0.25, 0.3) is 0 Å². The summed E-state index contributed by atoms with van der Waals surface area (Å²) < 4.78 is 4.97. The number of carboxylic acid groups (broad SMARTS) is 2. The number of nitrogens with zero attached hydrogens (tertiary/aromatic N) is 1. The van der Waals surface area contributed by atoms with Crippen molar-refractivity contribution in [3.8, 4) is 0 Å². The summed E-state index contributed by atoms with van der Waals surface area (Å²) in [5, 5.41) is 18.0. The van der Waals surface area contributed by atoms with Gasteiger partial charge in [-0.15, -0.1) is 0 Å². The van der Waals surface area contributed by atoms with Crippen LogP contribution in [-0.2, 0) is 32.1 Å². The molecule has 25 heavy (non-hydrogen) atoms. The summed E-state index contributed by atoms with van der Waals surface area (Å²) in [6.07, 6.45) is 1.90. The third-order valence-electron chi connectivity index (χ3n) is 3.64. The Kier molecular flexibility index (Phi) is 9.20. The van der Waals surface area contributed by atoms with E-state index in [1.54, 1.807) is 7.11 Å². The summed E-state index contributed by atoms with van der Waals surface area (Å²) in [7, 11) is 1.69. The largest absolute Gasteiger partial charge is 0.473 e. The van der Waals surface area contributed by atoms with Gasteiger partial charge >= 0.3 is 11.9 Å². The second kappa shape index (κ2) is 11.2. The molecule has 0 unspecified atom stereocenters. The molecule has 0 atom stereocenters. The topological polar surface area (TPSA) is 116 Å². The maximum absolute atomic E-state index is 12.1. The zero-order chi connectivity index (χ0) is 18.7. The Morgan fingerprint density at radius 1 is 1.16 bits per heavy atom. The number of amides is 1. The first-order valence-electron chi connectivity index (χ1n) is 7.96. The first kappa shape index (κ1) is 20.6. The molecule has 1 aliphatic heterocycles. The van der Waals surface area contributed by atoms with Crippen LogP contribution in [0, 0.1) is 0 Å². The average Bonchev–Trinajstić information content (AvgIpc) is 2.61. The van der Waals surface area contributed by atoms with Gasteiger partial charge in [-0.2, -0.15) is 0 Å². The molecule has 0 spiro atoms. The third kappa shape index (κ3) is 7.77. The number of nitrogens with one attached hydrogen (secondary N) is 1. The zero-order valence-corrected chi connectivity index (χ0v) is 14.2. The minimum Gasteiger partial charge on any atom is -0.473 e. The highest BCUT2D eigenvalue weighted by atomic mass is 16.5. The van der Waals surface area contributed by atoms with Crippen LogP contribution in [0.3, 0.4) is 0 Å². The fraction of sp³-hybridized carbons (Fsp3) is 0.471. The van der Waals surface area contributed by atoms with E-state index in [-0.39, 0.29) is 5.91 Å². The molecule has 1 aromatic rings. The molecule has 1 aliphatic rings. The minimum atomic E-state index is -1.82. The molecule has 0 saturated heterocycles. The van der Waals surface area contributed by atoms with Crippen LogP contribution in [0.5, 0.6) is 0 Å². The average molecular weight is 352 g/mol. The van der Waals surface area contributed by atoms with Crippen molar-refractivity contribution in [3.05, 3.63) is 35.4 Å². The van der Waals surface area contributed by atoms with Crippen molar-refractivity contribution < 1.29 is 29.3 Å². The highest BCUT2D eigenvalue weighted by Gasteiger charge is 2.19. The number of rotatable bonds is 6. The first-order valence-corrected chi connectivity index (χ1v) is 7.96. The van der Waals surface area contributed by atoms with Gasteiger partial charge in [0.05, 0.1) is 6.54 Å². The number of carboxylic acids is 2. The molecule has 1 aromatic carbocycles. The number of fused-ring (bicyclic) bond motifs is 1. The number of carbonyl (C=O) groups is 3. The summed E-state index contributed by atoms with van der Waals surface area (Å²) >= 11 is 0. The molecular formula is C17H24N2O6. The first-order chi connectivity index (χ1) is 12.0. The van der Waals surface area contributed by atoms with Crippen LogP contribution < -0.4 is 5.32 Å². The summed E-state index contributed by atoms with van der Waals surface area (Å²) in [6.45, 7) is 3.55. The van der Waals surface area contributed by atoms with E-state index in [1.165, 1.54) is 11.1 Å². The van der Waals surface area contributed by atoms with Crippen LogP contribution in [0.15, 0.2) is 24.3 Å². The van der Waals surface area contributed by atoms with Gasteiger partial charge in [0.1, 0.15) is 0 Å². The van der Waals surface area contributed by atoms with Crippen molar-refractivity contribution in [1.82, 2.24) is 10.2 Å². The van der Waals surface area contributed by atoms with Crippen molar-refractivity contribution in [2.45, 2.75) is 19.4 Å². The molecular weight excluding hydrogens is 328 g/mol. The molecule has 0 aromatic heterocycles. The molecule has 8 nitrogen and oxygen atoms in total. The van der Waals surface area contributed by atoms with Gasteiger partial charge in [0.15, 0.2) is 0 Å². The van der Waals surface area contributed by atoms with Gasteiger partial charge in [-0.05, 0) is 30.5 Å². The Labute approximate surface area is 146 Å². The standard InChI is InChI=1S/C15H22N2O2.C2H2O4/c1-19-10-4-8-16-11-15(18)17-9-7-13-5-2-3-6-14(13)12-17;3-1(4)2(5)6/h2-3,5-6,16H,4,7-12H2,1H3;(H,3,4)(H,5,6). The zero-order valence-electron chi connectivity index (χ0n) is 14.2. The van der Waals surface area contributed by atoms with E-state index >= 15 is 0 Å². The van der Waals surface area contributed by atoms with Gasteiger partial charge in [-0.3, -0.25) is 4.79 Å². The van der Waals surface area contributed by atoms with Crippen LogP contribution in [0.25, 0.3) is 0 Å². The lowest BCUT2D eigenvalue weighted by Crippen LogP contribution is -2.41. The van der Waals surface area contributed by atoms with Crippen LogP contribution in [0.2, 0.25) is 0 Å². The predicted octanol–water partition coefficient (Wildman–Crippen LogP) is 0.353. The van der Waals surface area contributed by atoms with E-state index in [0.717, 1.165) is 39.1 Å². The molecule has 138 valence electrons. The van der Waals surface area contributed by atoms with E-state index in [2.05, 4.69) is 23.5 Å². The molecule has 0 saturated carbocycles. The van der Waals surface area contributed by atoms with Gasteiger partial charge in [-0.1, -0.05) is 24.3 Å². The predicted molar refractivity (Wildman–Crippen MR) is 90.2 cm³/mol. The van der Waals surface area contributed by atoms with Gasteiger partial charge in [0, 0.05) is 26.8 Å². The number of ether oxygens (including phenoxy) is 1. The van der Waals surface area contributed by atoms with Crippen LogP contribution in [-0.4, -0.2) is 66.3 Å². The SMILES string of the molecule is COCCCNCC(=O)N1CCc2ccccc2C1.O=C(O)C(=O)O. The maximum Gasteiger partial charge on any atom is 0.414 e. The Hall–Kier alpha value is -2.45. The molecule has 0 bridgehead atoms. The quantitative estimate of drug-likeness (QED) is 0.500. The van der Waals surface area contributed by atoms with E-state index in [1.807, 2.05) is 11.0 Å². The molecule has 2 rings (SSSR count). The summed E-state index contributed by atoms with van der Waals surface area (Å²) in [5.74, 6) is -3.46. The fourth-order valence-electron chi connectivity index (χ4n) is 2.36. The molecule has 0 radical (unpaired) electrons. The molecule has 0 fully saturated rings. The van der Waals surface area contributed by atoms with E-state index < -0.39 is 11.9 Å². The molecule has 1 heterocycles. The number of methoxy groups -OCH3 is 1. The molecule has 1 amide bonds. The Bertz CT molecular complexity index is 578. The highest BCUT2D eigenvalue weighted by Crippen LogP contribution is 2.18. The van der Waals surface area contributed by atoms with Crippen molar-refractivity contribution >= 4 is 17.8 Å². The van der Waals surface area contributed by atoms with E-state index in [4.69, 9.17) is 24.5 Å². The lowest BCUT2D eigenvalue weighted by molar-refractivity contribution is -0.159. The van der Waals surface area contributed by atoms with Crippen molar-refractivity contribution in [2.24, 2.45) is 0 Å². The van der Waals surface area contributed by atoms with Gasteiger partial charge in [-0.25, -0.2) is 9.59 Å². The van der Waals surface area contributed by atoms with Gasteiger partial charge < -0.3 is 25.2 Å². The monoisotopic (exact) mass is 352 g/mol. The number of benzene rings is 1. The highest BCUT2D eigenvalue weighted by molar-refractivity contribution is 6.27. The summed E-state index contributed by atoms with van der Waals surface area (Å²) in [4.78, 5) is 32.2. The lowest BCUT2D eigenvalue weighted by Gasteiger charge is -2.29. The van der Waals surface area contributed by atoms with Crippen LogP contribution >= 0.6 is 0 Å². The Morgan fingerprint density at radius 3 is 2.40 bits per heavy atom. The summed E-state index contributed by atoms with van der Waals surface area (Å²) in [5.41, 5.74) is 2.65. The van der Waals surface area contributed by atoms with E-state index in [9.17, 15) is 4.79 Å². The smallest absolute Gasteiger partial charge is 0.414 e. The Morgan fingerprint density at radius 2 is 1.80 bits per heavy atom. The van der Waals surface area contributed by atoms with Crippen molar-refractivity contribution in [3.63, 3.8) is 0 Å². The normalized spacial score (nSPS) is 12.6. The summed E-state index contributed by atoms with van der Waals surface area (Å²) in [6, 6.07) is 8.37. The van der Waals surface area contributed by atoms with E-state index in [0.29, 0.717) is 6.54 Å². The van der Waals surface area contributed by atoms with Crippen molar-refractivity contribution in [2.75, 3.05) is 33.4 Å². The maximum atomic E-state index is 12.1. The fourth-order valence-corrected chi connectivity index (χ4v) is 2.36. The number of hydrogen-bond acceptors (Lipinski definition) is 5. The van der Waals surface area contributed by atoms with Crippen LogP contribution in [0.4, 0.5) is 0 Å². The number of hydrogen-bond donors (Lipinski definition) is 3. The minimum absolute atomic E-state index is 0.187. The Balaban J connectivity index is 0.000000450. The molecule has 3 N–H and O–H groups in total. The second-order valence-electron chi connectivity index (χ2n) is 5.47. The molecule has 8 heteroatoms. The molecule has 0 aliphatic carbocycles. The van der Waals surface area contributed by atoms with Gasteiger partial charge in [0.2, 0.25) is 5.91 Å². The van der Waals surface area contributed by atoms with Crippen molar-refractivity contribution in [1.29, 1.82) is 0 Å². The number of carbonyl (C=O) groups excluding carboxylic acids is 1. The lowest BCUT2D eigenvalue weighted by atomic mass is 10.00. The van der Waals surface area contributed by atoms with Crippen LogP contribution in [0.1, 0.15) is 17.5 Å². The number of aliphatic carboxylic acids is 2. The second-order valence-corrected chi connectivity index (χ2v) is 5.47.